The molecule has 0 bridgehead atoms. The zero-order chi connectivity index (χ0) is 14.5. The van der Waals surface area contributed by atoms with Gasteiger partial charge in [0.25, 0.3) is 0 Å². The maximum Gasteiger partial charge on any atom is 0.343 e. The molecule has 2 rings (SSSR count). The van der Waals surface area contributed by atoms with Gasteiger partial charge >= 0.3 is 5.97 Å². The highest BCUT2D eigenvalue weighted by molar-refractivity contribution is 5.98. The molecular weight excluding hydrogens is 292 g/mol. The molecule has 0 spiro atoms. The fraction of sp³-hybridized carbons (Fsp3) is 0.0667. The summed E-state index contributed by atoms with van der Waals surface area (Å²) in [5, 5.41) is 7.42. The molecule has 6 heteroatoms. The predicted octanol–water partition coefficient (Wildman–Crippen LogP) is 2.62. The Bertz CT molecular complexity index is 645. The van der Waals surface area contributed by atoms with Crippen molar-refractivity contribution < 1.29 is 14.3 Å². The first-order valence-electron chi connectivity index (χ1n) is 5.91. The minimum atomic E-state index is -0.455. The molecule has 0 unspecified atom stereocenters. The summed E-state index contributed by atoms with van der Waals surface area (Å²) in [6, 6.07) is 13.4. The Morgan fingerprint density at radius 1 is 1.14 bits per heavy atom. The number of nitrogen functional groups attached to an aromatic ring is 1. The van der Waals surface area contributed by atoms with E-state index < -0.39 is 5.97 Å². The Morgan fingerprint density at radius 3 is 2.38 bits per heavy atom. The van der Waals surface area contributed by atoms with Gasteiger partial charge in [0.15, 0.2) is 0 Å². The second kappa shape index (κ2) is 7.31. The average molecular weight is 307 g/mol. The van der Waals surface area contributed by atoms with Gasteiger partial charge in [-0.1, -0.05) is 18.2 Å². The first-order valence-corrected chi connectivity index (χ1v) is 5.91. The molecule has 0 aliphatic rings. The fourth-order valence-electron chi connectivity index (χ4n) is 1.70. The lowest BCUT2D eigenvalue weighted by Crippen LogP contribution is -2.13. The number of hydrogen-bond acceptors (Lipinski definition) is 4. The molecule has 0 aliphatic carbocycles. The van der Waals surface area contributed by atoms with Gasteiger partial charge in [0, 0.05) is 6.07 Å². The molecule has 0 amide bonds. The Kier molecular flexibility index (Phi) is 5.75. The first-order chi connectivity index (χ1) is 9.61. The lowest BCUT2D eigenvalue weighted by molar-refractivity contribution is 0.0734. The van der Waals surface area contributed by atoms with Crippen LogP contribution in [-0.4, -0.2) is 18.9 Å². The maximum absolute atomic E-state index is 11.9. The summed E-state index contributed by atoms with van der Waals surface area (Å²) in [5.74, 6) is 0.155. The van der Waals surface area contributed by atoms with Gasteiger partial charge in [-0.2, -0.15) is 0 Å². The van der Waals surface area contributed by atoms with Crippen LogP contribution in [0.15, 0.2) is 48.5 Å². The molecule has 21 heavy (non-hydrogen) atoms. The van der Waals surface area contributed by atoms with Crippen molar-refractivity contribution in [3.63, 3.8) is 0 Å². The van der Waals surface area contributed by atoms with E-state index in [0.717, 1.165) is 0 Å². The number of carbonyl (C=O) groups is 1. The monoisotopic (exact) mass is 306 g/mol. The molecule has 2 aromatic rings. The molecule has 0 saturated carbocycles. The predicted molar refractivity (Wildman–Crippen MR) is 82.7 cm³/mol. The molecule has 3 N–H and O–H groups in total. The van der Waals surface area contributed by atoms with Crippen molar-refractivity contribution in [2.45, 2.75) is 0 Å². The zero-order valence-corrected chi connectivity index (χ0v) is 12.1. The second-order valence-electron chi connectivity index (χ2n) is 4.03. The van der Waals surface area contributed by atoms with Gasteiger partial charge in [0.2, 0.25) is 0 Å². The zero-order valence-electron chi connectivity index (χ0n) is 11.3. The number of benzene rings is 2. The molecule has 110 valence electrons. The van der Waals surface area contributed by atoms with Gasteiger partial charge < -0.3 is 15.2 Å². The van der Waals surface area contributed by atoms with Crippen LogP contribution in [0.4, 0.5) is 0 Å². The van der Waals surface area contributed by atoms with Gasteiger partial charge in [-0.15, -0.1) is 12.4 Å². The average Bonchev–Trinajstić information content (AvgIpc) is 2.47. The van der Waals surface area contributed by atoms with Crippen molar-refractivity contribution >= 4 is 24.2 Å². The first kappa shape index (κ1) is 16.5. The van der Waals surface area contributed by atoms with Gasteiger partial charge in [-0.3, -0.25) is 5.41 Å². The Labute approximate surface area is 128 Å². The largest absolute Gasteiger partial charge is 0.496 e. The number of halogens is 1. The summed E-state index contributed by atoms with van der Waals surface area (Å²) in [7, 11) is 1.46. The van der Waals surface area contributed by atoms with Crippen LogP contribution in [0.3, 0.4) is 0 Å². The van der Waals surface area contributed by atoms with Crippen molar-refractivity contribution in [1.82, 2.24) is 0 Å². The highest BCUT2D eigenvalue weighted by Gasteiger charge is 2.11. The van der Waals surface area contributed by atoms with Gasteiger partial charge in [0.05, 0.1) is 18.2 Å². The summed E-state index contributed by atoms with van der Waals surface area (Å²) >= 11 is 0. The number of nitrogens with one attached hydrogen (secondary N) is 1. The van der Waals surface area contributed by atoms with E-state index in [1.54, 1.807) is 36.4 Å². The van der Waals surface area contributed by atoms with E-state index in [1.165, 1.54) is 13.2 Å². The topological polar surface area (TPSA) is 85.4 Å². The number of amidine groups is 1. The number of nitrogens with two attached hydrogens (primary N) is 1. The number of methoxy groups -OCH3 is 1. The Morgan fingerprint density at radius 2 is 1.81 bits per heavy atom. The van der Waals surface area contributed by atoms with E-state index in [2.05, 4.69) is 0 Å². The summed E-state index contributed by atoms with van der Waals surface area (Å²) in [6.45, 7) is 0. The van der Waals surface area contributed by atoms with Crippen LogP contribution >= 0.6 is 12.4 Å². The summed E-state index contributed by atoms with van der Waals surface area (Å²) < 4.78 is 10.4. The second-order valence-corrected chi connectivity index (χ2v) is 4.03. The number of carbonyl (C=O) groups excluding carboxylic acids is 1. The molecule has 0 fully saturated rings. The van der Waals surface area contributed by atoms with E-state index in [-0.39, 0.29) is 18.2 Å². The SMILES string of the molecule is COc1cc(OC(=O)c2ccccc2)ccc1C(=N)N.Cl. The molecule has 2 aromatic carbocycles. The summed E-state index contributed by atoms with van der Waals surface area (Å²) in [4.78, 5) is 11.9. The summed E-state index contributed by atoms with van der Waals surface area (Å²) in [5.41, 5.74) is 6.34. The Balaban J connectivity index is 0.00000220. The van der Waals surface area contributed by atoms with Crippen LogP contribution in [0.2, 0.25) is 0 Å². The number of rotatable bonds is 4. The van der Waals surface area contributed by atoms with E-state index in [1.807, 2.05) is 6.07 Å². The molecule has 0 aliphatic heterocycles. The van der Waals surface area contributed by atoms with Crippen LogP contribution in [-0.2, 0) is 0 Å². The standard InChI is InChI=1S/C15H14N2O3.ClH/c1-19-13-9-11(7-8-12(13)14(16)17)20-15(18)10-5-3-2-4-6-10;/h2-9H,1H3,(H3,16,17);1H. The molecular formula is C15H15ClN2O3. The van der Waals surface area contributed by atoms with Gasteiger partial charge in [0.1, 0.15) is 17.3 Å². The lowest BCUT2D eigenvalue weighted by Gasteiger charge is -2.10. The maximum atomic E-state index is 11.9. The van der Waals surface area contributed by atoms with Crippen LogP contribution in [0.25, 0.3) is 0 Å². The minimum Gasteiger partial charge on any atom is -0.496 e. The van der Waals surface area contributed by atoms with Crippen molar-refractivity contribution in [1.29, 1.82) is 5.41 Å². The van der Waals surface area contributed by atoms with E-state index in [4.69, 9.17) is 20.6 Å². The quantitative estimate of drug-likeness (QED) is 0.393. The van der Waals surface area contributed by atoms with Crippen molar-refractivity contribution in [3.05, 3.63) is 59.7 Å². The number of ether oxygens (including phenoxy) is 2. The van der Waals surface area contributed by atoms with E-state index in [9.17, 15) is 4.79 Å². The third-order valence-corrected chi connectivity index (χ3v) is 2.68. The third kappa shape index (κ3) is 3.97. The van der Waals surface area contributed by atoms with Crippen LogP contribution < -0.4 is 15.2 Å². The molecule has 0 aromatic heterocycles. The molecule has 0 radical (unpaired) electrons. The highest BCUT2D eigenvalue weighted by Crippen LogP contribution is 2.25. The van der Waals surface area contributed by atoms with E-state index >= 15 is 0 Å². The van der Waals surface area contributed by atoms with Gasteiger partial charge in [-0.25, -0.2) is 4.79 Å². The fourth-order valence-corrected chi connectivity index (χ4v) is 1.70. The summed E-state index contributed by atoms with van der Waals surface area (Å²) in [6.07, 6.45) is 0. The third-order valence-electron chi connectivity index (χ3n) is 2.68. The Hall–Kier alpha value is -2.53. The normalized spacial score (nSPS) is 9.38. The molecule has 0 atom stereocenters. The smallest absolute Gasteiger partial charge is 0.343 e. The minimum absolute atomic E-state index is 0. The molecule has 0 heterocycles. The van der Waals surface area contributed by atoms with Crippen molar-refractivity contribution in [3.8, 4) is 11.5 Å². The molecule has 0 saturated heterocycles. The lowest BCUT2D eigenvalue weighted by atomic mass is 10.1. The highest BCUT2D eigenvalue weighted by atomic mass is 35.5. The van der Waals surface area contributed by atoms with Crippen LogP contribution in [0.1, 0.15) is 15.9 Å². The van der Waals surface area contributed by atoms with Crippen molar-refractivity contribution in [2.75, 3.05) is 7.11 Å². The number of hydrogen-bond donors (Lipinski definition) is 2. The number of esters is 1. The van der Waals surface area contributed by atoms with Crippen molar-refractivity contribution in [2.24, 2.45) is 5.73 Å². The van der Waals surface area contributed by atoms with Gasteiger partial charge in [-0.05, 0) is 24.3 Å². The van der Waals surface area contributed by atoms with E-state index in [0.29, 0.717) is 22.6 Å². The van der Waals surface area contributed by atoms with Crippen LogP contribution in [0, 0.1) is 5.41 Å². The molecule has 5 nitrogen and oxygen atoms in total. The van der Waals surface area contributed by atoms with Crippen LogP contribution in [0.5, 0.6) is 11.5 Å².